The van der Waals surface area contributed by atoms with E-state index in [0.29, 0.717) is 0 Å². The summed E-state index contributed by atoms with van der Waals surface area (Å²) in [6.45, 7) is 5.74. The van der Waals surface area contributed by atoms with Gasteiger partial charge >= 0.3 is 0 Å². The summed E-state index contributed by atoms with van der Waals surface area (Å²) >= 11 is 0. The number of rotatable bonds is 21. The second kappa shape index (κ2) is 20.8. The monoisotopic (exact) mass is 511 g/mol. The van der Waals surface area contributed by atoms with Crippen LogP contribution in [0.4, 0.5) is 11.4 Å². The first-order chi connectivity index (χ1) is 15.0. The number of likely N-dealkylation sites (N-methyl/N-ethyl adjacent to an activating group) is 1. The summed E-state index contributed by atoms with van der Waals surface area (Å²) in [6, 6.07) is 8.04. The van der Waals surface area contributed by atoms with Gasteiger partial charge in [0.2, 0.25) is 0 Å². The van der Waals surface area contributed by atoms with Crippen LogP contribution in [0.25, 0.3) is 0 Å². The Morgan fingerprint density at radius 3 is 1.47 bits per heavy atom. The Hall–Kier alpha value is -0.740. The fraction of sp³-hybridized carbons (Fsp3) is 0.786. The number of hydrogen-bond acceptors (Lipinski definition) is 2. The van der Waals surface area contributed by atoms with Gasteiger partial charge in [0.1, 0.15) is 0 Å². The predicted molar refractivity (Wildman–Crippen MR) is 141 cm³/mol. The van der Waals surface area contributed by atoms with Crippen LogP contribution in [0, 0.1) is 0 Å². The lowest BCUT2D eigenvalue weighted by Crippen LogP contribution is -3.00. The number of nitrogen functional groups attached to an aromatic ring is 1. The van der Waals surface area contributed by atoms with Crippen molar-refractivity contribution < 1.29 is 21.5 Å². The molecule has 0 saturated heterocycles. The molecular weight excluding hydrogens is 458 g/mol. The van der Waals surface area contributed by atoms with Gasteiger partial charge in [-0.05, 0) is 37.1 Å². The van der Waals surface area contributed by atoms with Crippen molar-refractivity contribution in [3.8, 4) is 0 Å². The molecule has 0 aliphatic rings. The second-order valence-corrected chi connectivity index (χ2v) is 10.2. The fourth-order valence-corrected chi connectivity index (χ4v) is 4.30. The van der Waals surface area contributed by atoms with Crippen molar-refractivity contribution in [3.05, 3.63) is 24.3 Å². The zero-order chi connectivity index (χ0) is 22.6. The highest BCUT2D eigenvalue weighted by atomic mass is 79.9. The molecule has 0 aliphatic carbocycles. The molecule has 0 aliphatic heterocycles. The highest BCUT2D eigenvalue weighted by Crippen LogP contribution is 2.14. The van der Waals surface area contributed by atoms with Gasteiger partial charge in [0, 0.05) is 11.4 Å². The summed E-state index contributed by atoms with van der Waals surface area (Å²) in [5, 5.41) is 3.51. The van der Waals surface area contributed by atoms with Crippen LogP contribution in [0.1, 0.15) is 110 Å². The quantitative estimate of drug-likeness (QED) is 0.138. The Balaban J connectivity index is 0.00000961. The van der Waals surface area contributed by atoms with E-state index >= 15 is 0 Å². The molecule has 0 atom stereocenters. The highest BCUT2D eigenvalue weighted by Gasteiger charge is 2.13. The van der Waals surface area contributed by atoms with E-state index < -0.39 is 0 Å². The van der Waals surface area contributed by atoms with Crippen molar-refractivity contribution in [1.29, 1.82) is 0 Å². The Labute approximate surface area is 211 Å². The first kappa shape index (κ1) is 31.3. The minimum atomic E-state index is 0. The van der Waals surface area contributed by atoms with Gasteiger partial charge in [-0.15, -0.1) is 0 Å². The lowest BCUT2D eigenvalue weighted by molar-refractivity contribution is -0.888. The zero-order valence-electron chi connectivity index (χ0n) is 21.6. The fourth-order valence-electron chi connectivity index (χ4n) is 4.30. The third-order valence-electron chi connectivity index (χ3n) is 6.57. The summed E-state index contributed by atoms with van der Waals surface area (Å²) in [6.07, 6.45) is 23.0. The summed E-state index contributed by atoms with van der Waals surface area (Å²) in [5.41, 5.74) is 7.73. The number of hydrogen-bond donors (Lipinski definition) is 2. The topological polar surface area (TPSA) is 38.0 Å². The number of benzene rings is 1. The number of quaternary nitrogens is 1. The molecule has 4 heteroatoms. The van der Waals surface area contributed by atoms with Gasteiger partial charge in [0.15, 0.2) is 0 Å². The first-order valence-corrected chi connectivity index (χ1v) is 13.4. The Morgan fingerprint density at radius 1 is 0.625 bits per heavy atom. The summed E-state index contributed by atoms with van der Waals surface area (Å²) in [7, 11) is 4.71. The number of nitrogens with zero attached hydrogens (tertiary/aromatic N) is 1. The van der Waals surface area contributed by atoms with Gasteiger partial charge < -0.3 is 32.5 Å². The van der Waals surface area contributed by atoms with Gasteiger partial charge in [-0.2, -0.15) is 0 Å². The predicted octanol–water partition coefficient (Wildman–Crippen LogP) is 5.02. The molecule has 0 aromatic heterocycles. The van der Waals surface area contributed by atoms with Crippen molar-refractivity contribution in [2.24, 2.45) is 0 Å². The maximum absolute atomic E-state index is 5.75. The summed E-state index contributed by atoms with van der Waals surface area (Å²) in [4.78, 5) is 0. The number of halogens is 1. The van der Waals surface area contributed by atoms with Crippen LogP contribution in [-0.4, -0.2) is 38.2 Å². The van der Waals surface area contributed by atoms with E-state index in [1.807, 2.05) is 12.1 Å². The van der Waals surface area contributed by atoms with E-state index in [0.717, 1.165) is 28.9 Å². The average Bonchev–Trinajstić information content (AvgIpc) is 2.75. The van der Waals surface area contributed by atoms with E-state index in [1.165, 1.54) is 109 Å². The third-order valence-corrected chi connectivity index (χ3v) is 6.57. The van der Waals surface area contributed by atoms with Crippen LogP contribution < -0.4 is 28.0 Å². The van der Waals surface area contributed by atoms with Crippen molar-refractivity contribution in [1.82, 2.24) is 0 Å². The molecule has 0 saturated carbocycles. The number of unbranched alkanes of at least 4 members (excludes halogenated alkanes) is 15. The molecule has 0 fully saturated rings. The van der Waals surface area contributed by atoms with Crippen LogP contribution in [0.2, 0.25) is 0 Å². The maximum Gasteiger partial charge on any atom is 0.0958 e. The van der Waals surface area contributed by atoms with Gasteiger partial charge in [-0.25, -0.2) is 0 Å². The van der Waals surface area contributed by atoms with Crippen LogP contribution in [0.5, 0.6) is 0 Å². The Kier molecular flexibility index (Phi) is 20.4. The lowest BCUT2D eigenvalue weighted by Gasteiger charge is -2.30. The smallest absolute Gasteiger partial charge is 0.0958 e. The number of nitrogens with one attached hydrogen (secondary N) is 1. The van der Waals surface area contributed by atoms with Crippen LogP contribution in [-0.2, 0) is 0 Å². The zero-order valence-corrected chi connectivity index (χ0v) is 23.2. The van der Waals surface area contributed by atoms with Crippen molar-refractivity contribution in [3.63, 3.8) is 0 Å². The standard InChI is InChI=1S/C28H54N3.BrH/c1-4-5-6-7-8-9-10-11-12-13-14-15-16-17-18-19-25-31(2,3)26-24-30-28-22-20-27(29)21-23-28;/h20-23,30H,4-19,24-26,29H2,1-3H3;1H/q+1;/p-1. The molecule has 188 valence electrons. The SMILES string of the molecule is CCCCCCCCCCCCCCCCCC[N+](C)(C)CCNc1ccc(N)cc1.[Br-]. The molecular formula is C28H54BrN3. The molecule has 0 bridgehead atoms. The molecule has 1 aromatic carbocycles. The molecule has 1 aromatic rings. The molecule has 3 nitrogen and oxygen atoms in total. The number of nitrogens with two attached hydrogens (primary N) is 1. The second-order valence-electron chi connectivity index (χ2n) is 10.2. The Bertz CT molecular complexity index is 516. The van der Waals surface area contributed by atoms with Gasteiger partial charge in [0.25, 0.3) is 0 Å². The molecule has 0 heterocycles. The van der Waals surface area contributed by atoms with E-state index in [2.05, 4.69) is 38.5 Å². The van der Waals surface area contributed by atoms with E-state index in [-0.39, 0.29) is 17.0 Å². The molecule has 3 N–H and O–H groups in total. The van der Waals surface area contributed by atoms with Crippen LogP contribution in [0.3, 0.4) is 0 Å². The van der Waals surface area contributed by atoms with Crippen LogP contribution in [0.15, 0.2) is 24.3 Å². The van der Waals surface area contributed by atoms with E-state index in [9.17, 15) is 0 Å². The third kappa shape index (κ3) is 18.8. The van der Waals surface area contributed by atoms with Crippen molar-refractivity contribution >= 4 is 11.4 Å². The molecule has 1 rings (SSSR count). The van der Waals surface area contributed by atoms with Crippen molar-refractivity contribution in [2.45, 2.75) is 110 Å². The molecule has 0 amide bonds. The van der Waals surface area contributed by atoms with Crippen molar-refractivity contribution in [2.75, 3.05) is 44.8 Å². The molecule has 0 radical (unpaired) electrons. The Morgan fingerprint density at radius 2 is 1.03 bits per heavy atom. The van der Waals surface area contributed by atoms with Gasteiger partial charge in [0.05, 0.1) is 33.7 Å². The average molecular weight is 513 g/mol. The van der Waals surface area contributed by atoms with Gasteiger partial charge in [-0.3, -0.25) is 0 Å². The summed E-state index contributed by atoms with van der Waals surface area (Å²) in [5.74, 6) is 0. The maximum atomic E-state index is 5.75. The van der Waals surface area contributed by atoms with E-state index in [4.69, 9.17) is 5.73 Å². The van der Waals surface area contributed by atoms with Gasteiger partial charge in [-0.1, -0.05) is 96.8 Å². The van der Waals surface area contributed by atoms with E-state index in [1.54, 1.807) is 0 Å². The molecule has 32 heavy (non-hydrogen) atoms. The minimum Gasteiger partial charge on any atom is -1.00 e. The first-order valence-electron chi connectivity index (χ1n) is 13.4. The molecule has 0 spiro atoms. The summed E-state index contributed by atoms with van der Waals surface area (Å²) < 4.78 is 1.10. The lowest BCUT2D eigenvalue weighted by atomic mass is 10.0. The normalized spacial score (nSPS) is 11.3. The van der Waals surface area contributed by atoms with Crippen LogP contribution >= 0.6 is 0 Å². The number of anilines is 2. The molecule has 0 unspecified atom stereocenters. The largest absolute Gasteiger partial charge is 1.00 e. The minimum absolute atomic E-state index is 0. The highest BCUT2D eigenvalue weighted by molar-refractivity contribution is 5.51.